The van der Waals surface area contributed by atoms with Gasteiger partial charge in [-0.2, -0.15) is 0 Å². The highest BCUT2D eigenvalue weighted by Gasteiger charge is 2.01. The monoisotopic (exact) mass is 117 g/mol. The van der Waals surface area contributed by atoms with Gasteiger partial charge in [-0.3, -0.25) is 0 Å². The Balaban J connectivity index is 3.63. The van der Waals surface area contributed by atoms with Crippen molar-refractivity contribution in [1.82, 2.24) is 0 Å². The van der Waals surface area contributed by atoms with Crippen molar-refractivity contribution in [2.75, 3.05) is 6.61 Å². The maximum absolute atomic E-state index is 8.44. The van der Waals surface area contributed by atoms with Gasteiger partial charge in [0.25, 0.3) is 0 Å². The number of rotatable bonds is 2. The molecule has 0 spiro atoms. The first-order valence-electron chi connectivity index (χ1n) is 2.51. The lowest BCUT2D eigenvalue weighted by Crippen LogP contribution is -2.10. The molecule has 8 heavy (non-hydrogen) atoms. The Bertz CT molecular complexity index is 90.4. The summed E-state index contributed by atoms with van der Waals surface area (Å²) in [6, 6.07) is 0. The maximum Gasteiger partial charge on any atom is 0.0590 e. The topological polar surface area (TPSA) is 52.8 Å². The van der Waals surface area contributed by atoms with Gasteiger partial charge in [0.2, 0.25) is 0 Å². The molecule has 0 saturated carbocycles. The number of nitrogens with zero attached hydrogens (tertiary/aromatic N) is 1. The molecule has 1 atom stereocenters. The predicted molar refractivity (Wildman–Crippen MR) is 31.1 cm³/mol. The summed E-state index contributed by atoms with van der Waals surface area (Å²) in [5, 5.41) is 19.5. The average Bonchev–Trinajstić information content (AvgIpc) is 1.84. The van der Waals surface area contributed by atoms with E-state index in [4.69, 9.17) is 10.3 Å². The van der Waals surface area contributed by atoms with E-state index in [2.05, 4.69) is 5.16 Å². The summed E-state index contributed by atoms with van der Waals surface area (Å²) < 4.78 is 0. The number of hydrogen-bond donors (Lipinski definition) is 2. The molecule has 0 rings (SSSR count). The van der Waals surface area contributed by atoms with Crippen molar-refractivity contribution in [3.63, 3.8) is 0 Å². The molecule has 0 amide bonds. The Labute approximate surface area is 48.6 Å². The Kier molecular flexibility index (Phi) is 3.19. The zero-order chi connectivity index (χ0) is 6.57. The first kappa shape index (κ1) is 7.43. The van der Waals surface area contributed by atoms with Gasteiger partial charge in [-0.1, -0.05) is 12.1 Å². The molecule has 0 heterocycles. The number of oxime groups is 1. The number of hydrogen-bond acceptors (Lipinski definition) is 3. The van der Waals surface area contributed by atoms with Gasteiger partial charge in [-0.05, 0) is 6.92 Å². The second kappa shape index (κ2) is 3.43. The standard InChI is InChI=1S/C5H11NO2/c1-4(3-7)5(2)6-8/h4,7-8H,3H2,1-2H3/b6-5-. The first-order valence-corrected chi connectivity index (χ1v) is 2.51. The van der Waals surface area contributed by atoms with Crippen molar-refractivity contribution in [2.45, 2.75) is 13.8 Å². The molecule has 0 radical (unpaired) electrons. The lowest BCUT2D eigenvalue weighted by atomic mass is 10.1. The summed E-state index contributed by atoms with van der Waals surface area (Å²) in [4.78, 5) is 0. The van der Waals surface area contributed by atoms with Crippen LogP contribution in [-0.4, -0.2) is 22.6 Å². The van der Waals surface area contributed by atoms with E-state index in [1.165, 1.54) is 0 Å². The van der Waals surface area contributed by atoms with Gasteiger partial charge in [0, 0.05) is 5.92 Å². The molecule has 3 nitrogen and oxygen atoms in total. The molecule has 0 aliphatic heterocycles. The lowest BCUT2D eigenvalue weighted by molar-refractivity contribution is 0.261. The van der Waals surface area contributed by atoms with Crippen molar-refractivity contribution in [2.24, 2.45) is 11.1 Å². The highest BCUT2D eigenvalue weighted by atomic mass is 16.4. The van der Waals surface area contributed by atoms with Crippen LogP contribution in [0.15, 0.2) is 5.16 Å². The Hall–Kier alpha value is -0.570. The molecule has 0 bridgehead atoms. The molecular weight excluding hydrogens is 106 g/mol. The fourth-order valence-corrected chi connectivity index (χ4v) is 0.231. The Morgan fingerprint density at radius 1 is 1.75 bits per heavy atom. The van der Waals surface area contributed by atoms with Gasteiger partial charge in [0.15, 0.2) is 0 Å². The third-order valence-corrected chi connectivity index (χ3v) is 1.14. The average molecular weight is 117 g/mol. The third-order valence-electron chi connectivity index (χ3n) is 1.14. The lowest BCUT2D eigenvalue weighted by Gasteiger charge is -2.02. The number of aliphatic hydroxyl groups excluding tert-OH is 1. The van der Waals surface area contributed by atoms with E-state index in [1.54, 1.807) is 13.8 Å². The van der Waals surface area contributed by atoms with Crippen LogP contribution in [0.3, 0.4) is 0 Å². The van der Waals surface area contributed by atoms with E-state index in [0.717, 1.165) is 0 Å². The Morgan fingerprint density at radius 2 is 2.25 bits per heavy atom. The predicted octanol–water partition coefficient (Wildman–Crippen LogP) is 0.465. The van der Waals surface area contributed by atoms with E-state index in [0.29, 0.717) is 5.71 Å². The third kappa shape index (κ3) is 1.93. The first-order chi connectivity index (χ1) is 3.72. The summed E-state index contributed by atoms with van der Waals surface area (Å²) in [7, 11) is 0. The minimum absolute atomic E-state index is 0.0278. The van der Waals surface area contributed by atoms with E-state index in [9.17, 15) is 0 Å². The summed E-state index contributed by atoms with van der Waals surface area (Å²) in [6.07, 6.45) is 0. The van der Waals surface area contributed by atoms with Crippen LogP contribution in [0.25, 0.3) is 0 Å². The summed E-state index contributed by atoms with van der Waals surface area (Å²) >= 11 is 0. The second-order valence-electron chi connectivity index (χ2n) is 1.83. The minimum atomic E-state index is -0.0278. The normalized spacial score (nSPS) is 16.1. The molecular formula is C5H11NO2. The van der Waals surface area contributed by atoms with Gasteiger partial charge < -0.3 is 10.3 Å². The SMILES string of the molecule is C/C(=N/O)C(C)CO. The zero-order valence-corrected chi connectivity index (χ0v) is 5.13. The fourth-order valence-electron chi connectivity index (χ4n) is 0.231. The Morgan fingerprint density at radius 3 is 2.38 bits per heavy atom. The maximum atomic E-state index is 8.44. The number of aliphatic hydroxyl groups is 1. The molecule has 1 unspecified atom stereocenters. The van der Waals surface area contributed by atoms with Crippen LogP contribution in [-0.2, 0) is 0 Å². The van der Waals surface area contributed by atoms with Gasteiger partial charge in [-0.15, -0.1) is 0 Å². The van der Waals surface area contributed by atoms with Gasteiger partial charge >= 0.3 is 0 Å². The molecule has 0 aromatic rings. The zero-order valence-electron chi connectivity index (χ0n) is 5.13. The molecule has 0 aromatic heterocycles. The molecule has 2 N–H and O–H groups in total. The minimum Gasteiger partial charge on any atom is -0.411 e. The van der Waals surface area contributed by atoms with Gasteiger partial charge in [-0.25, -0.2) is 0 Å². The highest BCUT2D eigenvalue weighted by Crippen LogP contribution is 1.94. The van der Waals surface area contributed by atoms with E-state index >= 15 is 0 Å². The van der Waals surface area contributed by atoms with Crippen LogP contribution in [0, 0.1) is 5.92 Å². The highest BCUT2D eigenvalue weighted by molar-refractivity contribution is 5.83. The van der Waals surface area contributed by atoms with Crippen molar-refractivity contribution < 1.29 is 10.3 Å². The van der Waals surface area contributed by atoms with Crippen molar-refractivity contribution in [1.29, 1.82) is 0 Å². The van der Waals surface area contributed by atoms with Crippen molar-refractivity contribution in [3.05, 3.63) is 0 Å². The summed E-state index contributed by atoms with van der Waals surface area (Å²) in [5.74, 6) is -0.0278. The molecule has 0 aliphatic rings. The van der Waals surface area contributed by atoms with E-state index < -0.39 is 0 Å². The quantitative estimate of drug-likeness (QED) is 0.314. The molecule has 48 valence electrons. The smallest absolute Gasteiger partial charge is 0.0590 e. The molecule has 0 aliphatic carbocycles. The van der Waals surface area contributed by atoms with Crippen LogP contribution in [0.2, 0.25) is 0 Å². The largest absolute Gasteiger partial charge is 0.411 e. The summed E-state index contributed by atoms with van der Waals surface area (Å²) in [5.41, 5.74) is 0.563. The summed E-state index contributed by atoms with van der Waals surface area (Å²) in [6.45, 7) is 3.49. The van der Waals surface area contributed by atoms with Crippen LogP contribution < -0.4 is 0 Å². The molecule has 0 fully saturated rings. The van der Waals surface area contributed by atoms with Crippen LogP contribution in [0.5, 0.6) is 0 Å². The van der Waals surface area contributed by atoms with Gasteiger partial charge in [0.05, 0.1) is 12.3 Å². The molecule has 0 saturated heterocycles. The second-order valence-corrected chi connectivity index (χ2v) is 1.83. The van der Waals surface area contributed by atoms with Crippen LogP contribution >= 0.6 is 0 Å². The van der Waals surface area contributed by atoms with Gasteiger partial charge in [0.1, 0.15) is 0 Å². The molecule has 3 heteroatoms. The van der Waals surface area contributed by atoms with Crippen molar-refractivity contribution in [3.8, 4) is 0 Å². The van der Waals surface area contributed by atoms with Crippen LogP contribution in [0.1, 0.15) is 13.8 Å². The van der Waals surface area contributed by atoms with Crippen molar-refractivity contribution >= 4 is 5.71 Å². The van der Waals surface area contributed by atoms with E-state index in [1.807, 2.05) is 0 Å². The molecule has 0 aromatic carbocycles. The van der Waals surface area contributed by atoms with E-state index in [-0.39, 0.29) is 12.5 Å². The fraction of sp³-hybridized carbons (Fsp3) is 0.800. The van der Waals surface area contributed by atoms with Crippen LogP contribution in [0.4, 0.5) is 0 Å².